The van der Waals surface area contributed by atoms with E-state index in [1.165, 1.54) is 12.8 Å². The molecule has 0 aliphatic carbocycles. The van der Waals surface area contributed by atoms with Gasteiger partial charge in [0.25, 0.3) is 0 Å². The Morgan fingerprint density at radius 2 is 2.19 bits per heavy atom. The van der Waals surface area contributed by atoms with Gasteiger partial charge in [0, 0.05) is 12.6 Å². The van der Waals surface area contributed by atoms with Crippen LogP contribution in [0.3, 0.4) is 0 Å². The van der Waals surface area contributed by atoms with E-state index in [0.29, 0.717) is 6.04 Å². The van der Waals surface area contributed by atoms with Crippen molar-refractivity contribution < 1.29 is 4.39 Å². The first-order valence-corrected chi connectivity index (χ1v) is 6.19. The lowest BCUT2D eigenvalue weighted by atomic mass is 9.97. The number of rotatable bonds is 3. The van der Waals surface area contributed by atoms with Crippen molar-refractivity contribution >= 4 is 5.69 Å². The Morgan fingerprint density at radius 3 is 2.94 bits per heavy atom. The summed E-state index contributed by atoms with van der Waals surface area (Å²) >= 11 is 0. The number of benzene rings is 1. The summed E-state index contributed by atoms with van der Waals surface area (Å²) in [6, 6.07) is 7.55. The highest BCUT2D eigenvalue weighted by atomic mass is 19.1. The summed E-state index contributed by atoms with van der Waals surface area (Å²) in [4.78, 5) is 2.14. The van der Waals surface area contributed by atoms with Crippen molar-refractivity contribution in [3.63, 3.8) is 0 Å². The molecule has 0 spiro atoms. The second-order valence-corrected chi connectivity index (χ2v) is 4.41. The Morgan fingerprint density at radius 1 is 1.38 bits per heavy atom. The molecule has 1 saturated heterocycles. The molecule has 87 valence electrons. The molecular formula is C14H19FN. The molecule has 0 aromatic heterocycles. The van der Waals surface area contributed by atoms with Crippen molar-refractivity contribution in [2.75, 3.05) is 4.90 Å². The summed E-state index contributed by atoms with van der Waals surface area (Å²) in [5.74, 6) is -0.109. The third-order valence-corrected chi connectivity index (χ3v) is 3.21. The first kappa shape index (κ1) is 11.4. The number of hydrogen-bond acceptors (Lipinski definition) is 1. The maximum atomic E-state index is 13.7. The van der Waals surface area contributed by atoms with Gasteiger partial charge in [0.05, 0.1) is 5.69 Å². The predicted octanol–water partition coefficient (Wildman–Crippen LogP) is 4.15. The molecule has 1 aromatic rings. The van der Waals surface area contributed by atoms with Gasteiger partial charge in [0.2, 0.25) is 0 Å². The quantitative estimate of drug-likeness (QED) is 0.739. The highest BCUT2D eigenvalue weighted by Gasteiger charge is 2.23. The van der Waals surface area contributed by atoms with Crippen molar-refractivity contribution in [2.45, 2.75) is 45.1 Å². The maximum Gasteiger partial charge on any atom is 0.146 e. The summed E-state index contributed by atoms with van der Waals surface area (Å²) in [7, 11) is 0. The molecule has 1 aliphatic rings. The molecule has 2 heteroatoms. The van der Waals surface area contributed by atoms with E-state index in [1.54, 1.807) is 12.1 Å². The highest BCUT2D eigenvalue weighted by Crippen LogP contribution is 2.30. The summed E-state index contributed by atoms with van der Waals surface area (Å²) in [5.41, 5.74) is 0.737. The van der Waals surface area contributed by atoms with Crippen LogP contribution in [0.15, 0.2) is 24.3 Å². The van der Waals surface area contributed by atoms with Gasteiger partial charge < -0.3 is 4.90 Å². The van der Waals surface area contributed by atoms with Crippen LogP contribution in [0.1, 0.15) is 39.0 Å². The first-order valence-electron chi connectivity index (χ1n) is 6.19. The molecule has 0 unspecified atom stereocenters. The van der Waals surface area contributed by atoms with E-state index in [4.69, 9.17) is 0 Å². The number of nitrogens with zero attached hydrogens (tertiary/aromatic N) is 1. The van der Waals surface area contributed by atoms with Crippen LogP contribution in [-0.2, 0) is 0 Å². The topological polar surface area (TPSA) is 3.24 Å². The molecule has 1 aromatic carbocycles. The number of hydrogen-bond donors (Lipinski definition) is 0. The molecular weight excluding hydrogens is 201 g/mol. The van der Waals surface area contributed by atoms with E-state index in [9.17, 15) is 4.39 Å². The minimum atomic E-state index is -0.109. The lowest BCUT2D eigenvalue weighted by Gasteiger charge is -2.37. The molecule has 0 saturated carbocycles. The van der Waals surface area contributed by atoms with E-state index < -0.39 is 0 Å². The zero-order chi connectivity index (χ0) is 11.4. The number of piperidine rings is 1. The molecule has 16 heavy (non-hydrogen) atoms. The zero-order valence-corrected chi connectivity index (χ0v) is 9.82. The average molecular weight is 220 g/mol. The van der Waals surface area contributed by atoms with Gasteiger partial charge in [-0.1, -0.05) is 25.5 Å². The fraction of sp³-hybridized carbons (Fsp3) is 0.500. The molecule has 1 nitrogen and oxygen atoms in total. The number of halogens is 1. The van der Waals surface area contributed by atoms with Crippen LogP contribution in [0.4, 0.5) is 10.1 Å². The SMILES string of the molecule is CCC[C@H]1CCC[CH]N1c1ccccc1F. The smallest absolute Gasteiger partial charge is 0.146 e. The third-order valence-electron chi connectivity index (χ3n) is 3.21. The number of para-hydroxylation sites is 1. The Kier molecular flexibility index (Phi) is 3.81. The van der Waals surface area contributed by atoms with Crippen LogP contribution in [0, 0.1) is 12.4 Å². The molecule has 0 N–H and O–H groups in total. The van der Waals surface area contributed by atoms with Gasteiger partial charge in [-0.15, -0.1) is 0 Å². The molecule has 0 amide bonds. The monoisotopic (exact) mass is 220 g/mol. The van der Waals surface area contributed by atoms with Gasteiger partial charge >= 0.3 is 0 Å². The summed E-state index contributed by atoms with van der Waals surface area (Å²) in [6.07, 6.45) is 5.77. The maximum absolute atomic E-state index is 13.7. The van der Waals surface area contributed by atoms with Crippen LogP contribution in [0.5, 0.6) is 0 Å². The predicted molar refractivity (Wildman–Crippen MR) is 65.7 cm³/mol. The molecule has 1 heterocycles. The van der Waals surface area contributed by atoms with E-state index >= 15 is 0 Å². The lowest BCUT2D eigenvalue weighted by molar-refractivity contribution is 0.461. The van der Waals surface area contributed by atoms with Gasteiger partial charge in [0.1, 0.15) is 5.82 Å². The van der Waals surface area contributed by atoms with Gasteiger partial charge in [0.15, 0.2) is 0 Å². The first-order chi connectivity index (χ1) is 7.83. The second kappa shape index (κ2) is 5.33. The third kappa shape index (κ3) is 2.37. The van der Waals surface area contributed by atoms with Crippen molar-refractivity contribution in [1.29, 1.82) is 0 Å². The second-order valence-electron chi connectivity index (χ2n) is 4.41. The molecule has 1 aliphatic heterocycles. The Labute approximate surface area is 97.3 Å². The Hall–Kier alpha value is -1.05. The molecule has 1 atom stereocenters. The van der Waals surface area contributed by atoms with E-state index in [2.05, 4.69) is 18.4 Å². The summed E-state index contributed by atoms with van der Waals surface area (Å²) in [6.45, 7) is 4.34. The van der Waals surface area contributed by atoms with E-state index in [-0.39, 0.29) is 5.82 Å². The number of anilines is 1. The lowest BCUT2D eigenvalue weighted by Crippen LogP contribution is -2.36. The van der Waals surface area contributed by atoms with Crippen molar-refractivity contribution in [3.05, 3.63) is 36.6 Å². The van der Waals surface area contributed by atoms with Gasteiger partial charge in [-0.3, -0.25) is 0 Å². The molecule has 2 rings (SSSR count). The van der Waals surface area contributed by atoms with Crippen molar-refractivity contribution in [3.8, 4) is 0 Å². The van der Waals surface area contributed by atoms with Crippen LogP contribution < -0.4 is 4.90 Å². The van der Waals surface area contributed by atoms with Crippen LogP contribution in [0.2, 0.25) is 0 Å². The van der Waals surface area contributed by atoms with Crippen molar-refractivity contribution in [1.82, 2.24) is 0 Å². The molecule has 1 fully saturated rings. The fourth-order valence-corrected chi connectivity index (χ4v) is 2.44. The molecule has 0 bridgehead atoms. The largest absolute Gasteiger partial charge is 0.361 e. The standard InChI is InChI=1S/C14H19FN/c1-2-7-12-8-5-6-11-16(12)14-10-4-3-9-13(14)15/h3-4,9-12H,2,5-8H2,1H3/t12-/m0/s1. The average Bonchev–Trinajstić information content (AvgIpc) is 2.31. The zero-order valence-electron chi connectivity index (χ0n) is 9.82. The van der Waals surface area contributed by atoms with Crippen LogP contribution in [0.25, 0.3) is 0 Å². The van der Waals surface area contributed by atoms with Gasteiger partial charge in [-0.25, -0.2) is 4.39 Å². The fourth-order valence-electron chi connectivity index (χ4n) is 2.44. The Balaban J connectivity index is 2.19. The highest BCUT2D eigenvalue weighted by molar-refractivity contribution is 5.50. The molecule has 1 radical (unpaired) electrons. The minimum absolute atomic E-state index is 0.109. The summed E-state index contributed by atoms with van der Waals surface area (Å²) in [5, 5.41) is 0. The van der Waals surface area contributed by atoms with Crippen LogP contribution in [-0.4, -0.2) is 6.04 Å². The van der Waals surface area contributed by atoms with Gasteiger partial charge in [-0.2, -0.15) is 0 Å². The van der Waals surface area contributed by atoms with E-state index in [1.807, 2.05) is 12.1 Å². The Bertz CT molecular complexity index is 335. The minimum Gasteiger partial charge on any atom is -0.361 e. The van der Waals surface area contributed by atoms with Crippen molar-refractivity contribution in [2.24, 2.45) is 0 Å². The summed E-state index contributed by atoms with van der Waals surface area (Å²) < 4.78 is 13.7. The van der Waals surface area contributed by atoms with Gasteiger partial charge in [-0.05, 0) is 37.8 Å². The normalized spacial score (nSPS) is 21.1. The van der Waals surface area contributed by atoms with Crippen LogP contribution >= 0.6 is 0 Å². The van der Waals surface area contributed by atoms with E-state index in [0.717, 1.165) is 24.9 Å².